The van der Waals surface area contributed by atoms with Crippen molar-refractivity contribution in [1.82, 2.24) is 5.32 Å². The molecule has 1 atom stereocenters. The molecule has 2 aromatic carbocycles. The molecule has 0 spiro atoms. The van der Waals surface area contributed by atoms with Crippen LogP contribution in [0.5, 0.6) is 5.75 Å². The molecule has 1 heterocycles. The highest BCUT2D eigenvalue weighted by Gasteiger charge is 2.47. The van der Waals surface area contributed by atoms with Crippen LogP contribution in [0, 0.1) is 0 Å². The molecule has 2 aromatic rings. The molecule has 0 aromatic heterocycles. The van der Waals surface area contributed by atoms with Gasteiger partial charge in [-0.3, -0.25) is 9.59 Å². The van der Waals surface area contributed by atoms with Gasteiger partial charge < -0.3 is 15.4 Å². The van der Waals surface area contributed by atoms with Crippen molar-refractivity contribution in [2.45, 2.75) is 25.2 Å². The summed E-state index contributed by atoms with van der Waals surface area (Å²) in [5.41, 5.74) is -2.41. The van der Waals surface area contributed by atoms with Crippen molar-refractivity contribution in [3.05, 3.63) is 59.7 Å². The van der Waals surface area contributed by atoms with Gasteiger partial charge in [0.05, 0.1) is 11.3 Å². The van der Waals surface area contributed by atoms with E-state index in [9.17, 15) is 22.8 Å². The van der Waals surface area contributed by atoms with Gasteiger partial charge in [0.1, 0.15) is 5.75 Å². The number of carbonyl (C=O) groups is 2. The standard InChI is InChI=1S/C18H15F3N2O3/c1-17(16(25)23-13-8-4-5-9-14(13)26-17)15(24)22-10-11-6-2-3-7-12(11)18(19,20)21/h2-9H,10H2,1H3,(H,22,24)(H,23,25). The van der Waals surface area contributed by atoms with E-state index in [0.29, 0.717) is 11.4 Å². The Kier molecular flexibility index (Phi) is 4.35. The number of alkyl halides is 3. The number of carbonyl (C=O) groups excluding carboxylic acids is 2. The average molecular weight is 364 g/mol. The van der Waals surface area contributed by atoms with Crippen LogP contribution < -0.4 is 15.4 Å². The Hall–Kier alpha value is -3.03. The SMILES string of the molecule is CC1(C(=O)NCc2ccccc2C(F)(F)F)Oc2ccccc2NC1=O. The molecule has 5 nitrogen and oxygen atoms in total. The van der Waals surface area contributed by atoms with Gasteiger partial charge in [-0.05, 0) is 30.7 Å². The van der Waals surface area contributed by atoms with Gasteiger partial charge in [-0.15, -0.1) is 0 Å². The number of hydrogen-bond acceptors (Lipinski definition) is 3. The molecule has 0 saturated carbocycles. The second kappa shape index (κ2) is 6.36. The maximum atomic E-state index is 13.0. The molecule has 0 aliphatic carbocycles. The van der Waals surface area contributed by atoms with Crippen LogP contribution in [0.2, 0.25) is 0 Å². The number of fused-ring (bicyclic) bond motifs is 1. The number of halogens is 3. The molecule has 26 heavy (non-hydrogen) atoms. The van der Waals surface area contributed by atoms with Gasteiger partial charge in [0.25, 0.3) is 17.4 Å². The zero-order valence-electron chi connectivity index (χ0n) is 13.7. The molecule has 0 fully saturated rings. The highest BCUT2D eigenvalue weighted by Crippen LogP contribution is 2.34. The van der Waals surface area contributed by atoms with Crippen LogP contribution in [0.4, 0.5) is 18.9 Å². The Morgan fingerprint density at radius 3 is 2.54 bits per heavy atom. The van der Waals surface area contributed by atoms with E-state index in [1.165, 1.54) is 25.1 Å². The Morgan fingerprint density at radius 2 is 1.81 bits per heavy atom. The van der Waals surface area contributed by atoms with E-state index in [1.54, 1.807) is 24.3 Å². The second-order valence-electron chi connectivity index (χ2n) is 5.92. The van der Waals surface area contributed by atoms with Crippen LogP contribution in [-0.4, -0.2) is 17.4 Å². The van der Waals surface area contributed by atoms with Crippen LogP contribution >= 0.6 is 0 Å². The first kappa shape index (κ1) is 17.8. The molecular weight excluding hydrogens is 349 g/mol. The van der Waals surface area contributed by atoms with Gasteiger partial charge in [-0.25, -0.2) is 0 Å². The number of ether oxygens (including phenoxy) is 1. The molecule has 2 amide bonds. The topological polar surface area (TPSA) is 67.4 Å². The van der Waals surface area contributed by atoms with Gasteiger partial charge in [-0.1, -0.05) is 30.3 Å². The lowest BCUT2D eigenvalue weighted by Gasteiger charge is -2.33. The van der Waals surface area contributed by atoms with Crippen molar-refractivity contribution in [1.29, 1.82) is 0 Å². The highest BCUT2D eigenvalue weighted by atomic mass is 19.4. The zero-order valence-corrected chi connectivity index (χ0v) is 13.7. The van der Waals surface area contributed by atoms with Crippen molar-refractivity contribution in [2.24, 2.45) is 0 Å². The molecule has 3 rings (SSSR count). The number of rotatable bonds is 3. The summed E-state index contributed by atoms with van der Waals surface area (Å²) < 4.78 is 44.6. The van der Waals surface area contributed by atoms with Crippen LogP contribution in [0.1, 0.15) is 18.1 Å². The predicted octanol–water partition coefficient (Wildman–Crippen LogP) is 3.11. The zero-order chi connectivity index (χ0) is 18.9. The molecular formula is C18H15F3N2O3. The van der Waals surface area contributed by atoms with Gasteiger partial charge in [0.2, 0.25) is 0 Å². The maximum Gasteiger partial charge on any atom is 0.416 e. The third-order valence-corrected chi connectivity index (χ3v) is 4.08. The first-order valence-electron chi connectivity index (χ1n) is 7.75. The maximum absolute atomic E-state index is 13.0. The van der Waals surface area contributed by atoms with Crippen LogP contribution in [0.3, 0.4) is 0 Å². The third-order valence-electron chi connectivity index (χ3n) is 4.08. The van der Waals surface area contributed by atoms with Gasteiger partial charge in [-0.2, -0.15) is 13.2 Å². The molecule has 1 unspecified atom stereocenters. The Labute approximate surface area is 147 Å². The number of nitrogens with one attached hydrogen (secondary N) is 2. The minimum atomic E-state index is -4.54. The summed E-state index contributed by atoms with van der Waals surface area (Å²) in [7, 11) is 0. The number of hydrogen-bond donors (Lipinski definition) is 2. The molecule has 0 saturated heterocycles. The highest BCUT2D eigenvalue weighted by molar-refractivity contribution is 6.15. The molecule has 1 aliphatic rings. The molecule has 136 valence electrons. The van der Waals surface area contributed by atoms with E-state index in [-0.39, 0.29) is 12.1 Å². The summed E-state index contributed by atoms with van der Waals surface area (Å²) in [6.07, 6.45) is -4.54. The van der Waals surface area contributed by atoms with E-state index in [0.717, 1.165) is 6.07 Å². The van der Waals surface area contributed by atoms with Crippen molar-refractivity contribution < 1.29 is 27.5 Å². The van der Waals surface area contributed by atoms with E-state index in [2.05, 4.69) is 10.6 Å². The van der Waals surface area contributed by atoms with Crippen LogP contribution in [0.25, 0.3) is 0 Å². The van der Waals surface area contributed by atoms with E-state index in [1.807, 2.05) is 0 Å². The van der Waals surface area contributed by atoms with Crippen molar-refractivity contribution in [2.75, 3.05) is 5.32 Å². The Balaban J connectivity index is 1.78. The minimum Gasteiger partial charge on any atom is -0.466 e. The van der Waals surface area contributed by atoms with Gasteiger partial charge in [0.15, 0.2) is 0 Å². The minimum absolute atomic E-state index is 0.103. The molecule has 0 bridgehead atoms. The van der Waals surface area contributed by atoms with Crippen molar-refractivity contribution >= 4 is 17.5 Å². The smallest absolute Gasteiger partial charge is 0.416 e. The normalized spacial score (nSPS) is 19.2. The summed E-state index contributed by atoms with van der Waals surface area (Å²) in [6.45, 7) is 0.881. The van der Waals surface area contributed by atoms with E-state index >= 15 is 0 Å². The fourth-order valence-electron chi connectivity index (χ4n) is 2.61. The molecule has 8 heteroatoms. The summed E-state index contributed by atoms with van der Waals surface area (Å²) in [4.78, 5) is 24.8. The Morgan fingerprint density at radius 1 is 1.15 bits per heavy atom. The monoisotopic (exact) mass is 364 g/mol. The summed E-state index contributed by atoms with van der Waals surface area (Å²) in [5.74, 6) is -1.22. The second-order valence-corrected chi connectivity index (χ2v) is 5.92. The quantitative estimate of drug-likeness (QED) is 0.823. The fraction of sp³-hybridized carbons (Fsp3) is 0.222. The molecule has 1 aliphatic heterocycles. The first-order chi connectivity index (χ1) is 12.2. The number of para-hydroxylation sites is 2. The van der Waals surface area contributed by atoms with Crippen LogP contribution in [0.15, 0.2) is 48.5 Å². The van der Waals surface area contributed by atoms with E-state index < -0.39 is 29.2 Å². The number of anilines is 1. The number of benzene rings is 2. The van der Waals surface area contributed by atoms with Crippen molar-refractivity contribution in [3.8, 4) is 5.75 Å². The lowest BCUT2D eigenvalue weighted by atomic mass is 10.0. The average Bonchev–Trinajstić information content (AvgIpc) is 2.60. The lowest BCUT2D eigenvalue weighted by Crippen LogP contribution is -2.58. The lowest BCUT2D eigenvalue weighted by molar-refractivity contribution is -0.147. The van der Waals surface area contributed by atoms with Crippen molar-refractivity contribution in [3.63, 3.8) is 0 Å². The fourth-order valence-corrected chi connectivity index (χ4v) is 2.61. The summed E-state index contributed by atoms with van der Waals surface area (Å²) >= 11 is 0. The largest absolute Gasteiger partial charge is 0.466 e. The summed E-state index contributed by atoms with van der Waals surface area (Å²) in [5, 5.41) is 4.92. The molecule has 0 radical (unpaired) electrons. The number of amides is 2. The van der Waals surface area contributed by atoms with Crippen LogP contribution in [-0.2, 0) is 22.3 Å². The van der Waals surface area contributed by atoms with E-state index in [4.69, 9.17) is 4.74 Å². The third kappa shape index (κ3) is 3.22. The Bertz CT molecular complexity index is 867. The predicted molar refractivity (Wildman–Crippen MR) is 87.4 cm³/mol. The summed E-state index contributed by atoms with van der Waals surface area (Å²) in [6, 6.07) is 11.5. The van der Waals surface area contributed by atoms with Gasteiger partial charge in [0, 0.05) is 6.54 Å². The van der Waals surface area contributed by atoms with Gasteiger partial charge >= 0.3 is 6.18 Å². The molecule has 2 N–H and O–H groups in total. The first-order valence-corrected chi connectivity index (χ1v) is 7.75.